The molecule has 0 amide bonds. The molecule has 0 aliphatic heterocycles. The first kappa shape index (κ1) is 23.1. The summed E-state index contributed by atoms with van der Waals surface area (Å²) < 4.78 is 10.7. The van der Waals surface area contributed by atoms with Crippen molar-refractivity contribution in [3.63, 3.8) is 0 Å². The van der Waals surface area contributed by atoms with Crippen molar-refractivity contribution < 1.29 is 9.47 Å². The third-order valence-electron chi connectivity index (χ3n) is 4.39. The van der Waals surface area contributed by atoms with Crippen molar-refractivity contribution in [3.8, 4) is 11.5 Å². The molecule has 0 heterocycles. The van der Waals surface area contributed by atoms with Crippen molar-refractivity contribution in [2.24, 2.45) is 4.99 Å². The number of aryl methyl sites for hydroxylation is 1. The van der Waals surface area contributed by atoms with Gasteiger partial charge in [0.2, 0.25) is 0 Å². The van der Waals surface area contributed by atoms with Crippen LogP contribution in [0.25, 0.3) is 0 Å². The van der Waals surface area contributed by atoms with E-state index >= 15 is 0 Å². The van der Waals surface area contributed by atoms with Gasteiger partial charge in [-0.1, -0.05) is 36.8 Å². The van der Waals surface area contributed by atoms with E-state index < -0.39 is 0 Å². The molecule has 0 saturated heterocycles. The minimum Gasteiger partial charge on any atom is -0.497 e. The van der Waals surface area contributed by atoms with E-state index in [0.29, 0.717) is 12.5 Å². The molecule has 1 atom stereocenters. The second kappa shape index (κ2) is 11.7. The first-order chi connectivity index (χ1) is 12.6. The van der Waals surface area contributed by atoms with Gasteiger partial charge in [-0.2, -0.15) is 0 Å². The smallest absolute Gasteiger partial charge is 0.191 e. The maximum Gasteiger partial charge on any atom is 0.191 e. The molecule has 5 nitrogen and oxygen atoms in total. The minimum atomic E-state index is 0. The zero-order chi connectivity index (χ0) is 18.9. The maximum absolute atomic E-state index is 5.44. The number of guanidine groups is 1. The van der Waals surface area contributed by atoms with E-state index in [-0.39, 0.29) is 24.0 Å². The van der Waals surface area contributed by atoms with Crippen molar-refractivity contribution in [3.05, 3.63) is 59.2 Å². The van der Waals surface area contributed by atoms with Gasteiger partial charge < -0.3 is 20.1 Å². The standard InChI is InChI=1S/C21H29N3O2.HI/c1-15-6-8-17(9-7-15)16(2)13-23-21(22-3)24-14-18-10-11-19(25-4)12-20(18)26-5;/h6-12,16H,13-14H2,1-5H3,(H2,22,23,24);1H. The number of halogens is 1. The molecule has 148 valence electrons. The van der Waals surface area contributed by atoms with Crippen molar-refractivity contribution in [1.82, 2.24) is 10.6 Å². The van der Waals surface area contributed by atoms with E-state index in [4.69, 9.17) is 9.47 Å². The number of aliphatic imine (C=N–C) groups is 1. The molecule has 0 aromatic heterocycles. The molecule has 0 fully saturated rings. The Bertz CT molecular complexity index is 733. The van der Waals surface area contributed by atoms with Gasteiger partial charge in [0.1, 0.15) is 11.5 Å². The summed E-state index contributed by atoms with van der Waals surface area (Å²) in [5, 5.41) is 6.72. The van der Waals surface area contributed by atoms with Crippen LogP contribution in [0, 0.1) is 6.92 Å². The molecule has 0 aliphatic rings. The number of nitrogens with zero attached hydrogens (tertiary/aromatic N) is 1. The molecule has 27 heavy (non-hydrogen) atoms. The quantitative estimate of drug-likeness (QED) is 0.354. The van der Waals surface area contributed by atoms with Crippen LogP contribution in [0.5, 0.6) is 11.5 Å². The fourth-order valence-corrected chi connectivity index (χ4v) is 2.66. The lowest BCUT2D eigenvalue weighted by atomic mass is 10.0. The lowest BCUT2D eigenvalue weighted by Gasteiger charge is -2.17. The molecule has 2 N–H and O–H groups in total. The highest BCUT2D eigenvalue weighted by Crippen LogP contribution is 2.24. The molecular formula is C21H30IN3O2. The number of benzene rings is 2. The van der Waals surface area contributed by atoms with Crippen LogP contribution < -0.4 is 20.1 Å². The number of hydrogen-bond acceptors (Lipinski definition) is 3. The van der Waals surface area contributed by atoms with Crippen LogP contribution in [0.3, 0.4) is 0 Å². The predicted octanol–water partition coefficient (Wildman–Crippen LogP) is 4.10. The van der Waals surface area contributed by atoms with Gasteiger partial charge in [0.15, 0.2) is 5.96 Å². The molecule has 2 rings (SSSR count). The second-order valence-electron chi connectivity index (χ2n) is 6.30. The van der Waals surface area contributed by atoms with Gasteiger partial charge >= 0.3 is 0 Å². The zero-order valence-corrected chi connectivity index (χ0v) is 19.0. The Morgan fingerprint density at radius 1 is 1.04 bits per heavy atom. The van der Waals surface area contributed by atoms with Crippen molar-refractivity contribution in [2.75, 3.05) is 27.8 Å². The first-order valence-corrected chi connectivity index (χ1v) is 8.79. The largest absolute Gasteiger partial charge is 0.497 e. The first-order valence-electron chi connectivity index (χ1n) is 8.79. The topological polar surface area (TPSA) is 54.9 Å². The normalized spacial score (nSPS) is 12.0. The molecule has 0 bridgehead atoms. The molecule has 0 radical (unpaired) electrons. The van der Waals surface area contributed by atoms with E-state index in [2.05, 4.69) is 53.7 Å². The Labute approximate surface area is 179 Å². The van der Waals surface area contributed by atoms with E-state index in [1.165, 1.54) is 11.1 Å². The number of hydrogen-bond donors (Lipinski definition) is 2. The molecule has 0 saturated carbocycles. The summed E-state index contributed by atoms with van der Waals surface area (Å²) in [5.41, 5.74) is 3.64. The zero-order valence-electron chi connectivity index (χ0n) is 16.7. The van der Waals surface area contributed by atoms with Crippen LogP contribution in [0.2, 0.25) is 0 Å². The molecule has 2 aromatic rings. The highest BCUT2D eigenvalue weighted by molar-refractivity contribution is 14.0. The van der Waals surface area contributed by atoms with Gasteiger partial charge in [0.25, 0.3) is 0 Å². The number of nitrogens with one attached hydrogen (secondary N) is 2. The van der Waals surface area contributed by atoms with Crippen molar-refractivity contribution in [1.29, 1.82) is 0 Å². The number of ether oxygens (including phenoxy) is 2. The Morgan fingerprint density at radius 3 is 2.33 bits per heavy atom. The Hall–Kier alpha value is -1.96. The summed E-state index contributed by atoms with van der Waals surface area (Å²) >= 11 is 0. The van der Waals surface area contributed by atoms with Gasteiger partial charge in [-0.25, -0.2) is 0 Å². The Kier molecular flexibility index (Phi) is 9.99. The van der Waals surface area contributed by atoms with E-state index in [1.54, 1.807) is 21.3 Å². The number of methoxy groups -OCH3 is 2. The van der Waals surface area contributed by atoms with Crippen LogP contribution in [0.4, 0.5) is 0 Å². The molecule has 0 aliphatic carbocycles. The average molecular weight is 483 g/mol. The third-order valence-corrected chi connectivity index (χ3v) is 4.39. The summed E-state index contributed by atoms with van der Waals surface area (Å²) in [7, 11) is 5.08. The van der Waals surface area contributed by atoms with Gasteiger partial charge in [-0.15, -0.1) is 24.0 Å². The summed E-state index contributed by atoms with van der Waals surface area (Å²) in [6, 6.07) is 14.5. The van der Waals surface area contributed by atoms with E-state index in [9.17, 15) is 0 Å². The Balaban J connectivity index is 0.00000364. The summed E-state index contributed by atoms with van der Waals surface area (Å²) in [5.74, 6) is 2.73. The fourth-order valence-electron chi connectivity index (χ4n) is 2.66. The summed E-state index contributed by atoms with van der Waals surface area (Å²) in [4.78, 5) is 4.30. The van der Waals surface area contributed by atoms with Crippen LogP contribution in [0.15, 0.2) is 47.5 Å². The molecule has 6 heteroatoms. The summed E-state index contributed by atoms with van der Waals surface area (Å²) in [6.45, 7) is 5.73. The van der Waals surface area contributed by atoms with Gasteiger partial charge in [-0.3, -0.25) is 4.99 Å². The lowest BCUT2D eigenvalue weighted by Crippen LogP contribution is -2.38. The van der Waals surface area contributed by atoms with E-state index in [1.807, 2.05) is 18.2 Å². The van der Waals surface area contributed by atoms with Crippen LogP contribution in [-0.2, 0) is 6.54 Å². The van der Waals surface area contributed by atoms with Crippen LogP contribution >= 0.6 is 24.0 Å². The third kappa shape index (κ3) is 6.93. The van der Waals surface area contributed by atoms with Gasteiger partial charge in [0.05, 0.1) is 14.2 Å². The monoisotopic (exact) mass is 483 g/mol. The molecule has 1 unspecified atom stereocenters. The van der Waals surface area contributed by atoms with E-state index in [0.717, 1.165) is 29.6 Å². The molecule has 0 spiro atoms. The highest BCUT2D eigenvalue weighted by atomic mass is 127. The Morgan fingerprint density at radius 2 is 1.74 bits per heavy atom. The van der Waals surface area contributed by atoms with Crippen LogP contribution in [0.1, 0.15) is 29.5 Å². The number of rotatable bonds is 7. The van der Waals surface area contributed by atoms with Crippen molar-refractivity contribution >= 4 is 29.9 Å². The van der Waals surface area contributed by atoms with Gasteiger partial charge in [-0.05, 0) is 30.5 Å². The molecule has 2 aromatic carbocycles. The lowest BCUT2D eigenvalue weighted by molar-refractivity contribution is 0.390. The SMILES string of the molecule is CN=C(NCc1ccc(OC)cc1OC)NCC(C)c1ccc(C)cc1.I. The molecular weight excluding hydrogens is 453 g/mol. The second-order valence-corrected chi connectivity index (χ2v) is 6.30. The van der Waals surface area contributed by atoms with Crippen LogP contribution in [-0.4, -0.2) is 33.8 Å². The summed E-state index contributed by atoms with van der Waals surface area (Å²) in [6.07, 6.45) is 0. The highest BCUT2D eigenvalue weighted by Gasteiger charge is 2.08. The fraction of sp³-hybridized carbons (Fsp3) is 0.381. The van der Waals surface area contributed by atoms with Crippen molar-refractivity contribution in [2.45, 2.75) is 26.3 Å². The average Bonchev–Trinajstić information content (AvgIpc) is 2.68. The van der Waals surface area contributed by atoms with Gasteiger partial charge in [0, 0.05) is 31.8 Å². The maximum atomic E-state index is 5.44. The predicted molar refractivity (Wildman–Crippen MR) is 123 cm³/mol. The minimum absolute atomic E-state index is 0.